The predicted octanol–water partition coefficient (Wildman–Crippen LogP) is 4.56. The van der Waals surface area contributed by atoms with Gasteiger partial charge in [-0.1, -0.05) is 44.6 Å². The minimum absolute atomic E-state index is 0.990. The normalized spacial score (nSPS) is 34.6. The Balaban J connectivity index is 1.94. The molecule has 0 bridgehead atoms. The fourth-order valence-corrected chi connectivity index (χ4v) is 3.75. The lowest BCUT2D eigenvalue weighted by molar-refractivity contribution is 0.164. The van der Waals surface area contributed by atoms with E-state index in [1.54, 1.807) is 0 Å². The van der Waals surface area contributed by atoms with Crippen LogP contribution in [-0.4, -0.2) is 0 Å². The first-order valence-corrected chi connectivity index (χ1v) is 6.52. The number of rotatable bonds is 3. The Kier molecular flexibility index (Phi) is 3.67. The van der Waals surface area contributed by atoms with Gasteiger partial charge in [-0.05, 0) is 37.0 Å². The molecule has 2 aliphatic rings. The minimum Gasteiger partial charge on any atom is -0.103 e. The van der Waals surface area contributed by atoms with E-state index in [0.717, 1.165) is 17.8 Å². The molecule has 2 rings (SSSR count). The average molecular weight is 192 g/mol. The van der Waals surface area contributed by atoms with Gasteiger partial charge in [0.1, 0.15) is 0 Å². The Hall–Kier alpha value is -0.260. The van der Waals surface area contributed by atoms with Gasteiger partial charge in [-0.15, -0.1) is 6.58 Å². The summed E-state index contributed by atoms with van der Waals surface area (Å²) in [7, 11) is 0. The van der Waals surface area contributed by atoms with E-state index >= 15 is 0 Å². The third kappa shape index (κ3) is 2.21. The molecule has 0 radical (unpaired) electrons. The zero-order valence-corrected chi connectivity index (χ0v) is 9.38. The van der Waals surface area contributed by atoms with Crippen LogP contribution in [0.2, 0.25) is 0 Å². The quantitative estimate of drug-likeness (QED) is 0.575. The first-order chi connectivity index (χ1) is 6.92. The molecule has 0 nitrogen and oxygen atoms in total. The molecule has 0 aromatic heterocycles. The summed E-state index contributed by atoms with van der Waals surface area (Å²) in [6.45, 7) is 3.92. The molecule has 0 heterocycles. The first kappa shape index (κ1) is 10.3. The fourth-order valence-electron chi connectivity index (χ4n) is 3.75. The summed E-state index contributed by atoms with van der Waals surface area (Å²) in [6, 6.07) is 0. The van der Waals surface area contributed by atoms with Crippen molar-refractivity contribution in [1.29, 1.82) is 0 Å². The lowest BCUT2D eigenvalue weighted by atomic mass is 9.70. The highest BCUT2D eigenvalue weighted by molar-refractivity contribution is 4.86. The minimum atomic E-state index is 0.990. The van der Waals surface area contributed by atoms with Crippen molar-refractivity contribution in [2.45, 2.75) is 57.8 Å². The van der Waals surface area contributed by atoms with Gasteiger partial charge in [0.2, 0.25) is 0 Å². The molecule has 0 aromatic carbocycles. The molecule has 0 N–H and O–H groups in total. The number of allylic oxidation sites excluding steroid dienone is 1. The Bertz CT molecular complexity index is 176. The van der Waals surface area contributed by atoms with Crippen LogP contribution in [0.15, 0.2) is 12.7 Å². The summed E-state index contributed by atoms with van der Waals surface area (Å²) < 4.78 is 0. The lowest BCUT2D eigenvalue weighted by Crippen LogP contribution is -2.25. The van der Waals surface area contributed by atoms with Gasteiger partial charge in [0, 0.05) is 0 Å². The highest BCUT2D eigenvalue weighted by atomic mass is 14.4. The second-order valence-corrected chi connectivity index (χ2v) is 5.28. The number of hydrogen-bond acceptors (Lipinski definition) is 0. The van der Waals surface area contributed by atoms with Gasteiger partial charge in [-0.3, -0.25) is 0 Å². The van der Waals surface area contributed by atoms with E-state index in [4.69, 9.17) is 0 Å². The van der Waals surface area contributed by atoms with Gasteiger partial charge in [-0.2, -0.15) is 0 Å². The van der Waals surface area contributed by atoms with Crippen LogP contribution in [0.25, 0.3) is 0 Å². The molecule has 0 aromatic rings. The van der Waals surface area contributed by atoms with Gasteiger partial charge in [0.05, 0.1) is 0 Å². The highest BCUT2D eigenvalue weighted by Gasteiger charge is 2.32. The topological polar surface area (TPSA) is 0 Å². The molecule has 0 aliphatic heterocycles. The summed E-state index contributed by atoms with van der Waals surface area (Å²) in [4.78, 5) is 0. The van der Waals surface area contributed by atoms with Crippen LogP contribution in [0.4, 0.5) is 0 Å². The summed E-state index contributed by atoms with van der Waals surface area (Å²) in [5, 5.41) is 0. The van der Waals surface area contributed by atoms with Crippen molar-refractivity contribution in [3.63, 3.8) is 0 Å². The van der Waals surface area contributed by atoms with Crippen LogP contribution in [0.5, 0.6) is 0 Å². The molecule has 14 heavy (non-hydrogen) atoms. The second kappa shape index (κ2) is 5.00. The SMILES string of the molecule is C=CCC1CCCCC1C1CCCC1. The molecule has 0 amide bonds. The second-order valence-electron chi connectivity index (χ2n) is 5.28. The maximum absolute atomic E-state index is 3.92. The van der Waals surface area contributed by atoms with E-state index in [1.165, 1.54) is 57.8 Å². The van der Waals surface area contributed by atoms with E-state index in [9.17, 15) is 0 Å². The maximum Gasteiger partial charge on any atom is -0.0322 e. The number of hydrogen-bond donors (Lipinski definition) is 0. The van der Waals surface area contributed by atoms with Crippen molar-refractivity contribution < 1.29 is 0 Å². The van der Waals surface area contributed by atoms with Crippen molar-refractivity contribution in [3.05, 3.63) is 12.7 Å². The Labute approximate surface area is 88.8 Å². The van der Waals surface area contributed by atoms with Crippen LogP contribution in [0, 0.1) is 17.8 Å². The van der Waals surface area contributed by atoms with Crippen molar-refractivity contribution in [2.24, 2.45) is 17.8 Å². The van der Waals surface area contributed by atoms with E-state index in [-0.39, 0.29) is 0 Å². The zero-order chi connectivity index (χ0) is 9.80. The van der Waals surface area contributed by atoms with Crippen molar-refractivity contribution in [3.8, 4) is 0 Å². The predicted molar refractivity (Wildman–Crippen MR) is 62.2 cm³/mol. The molecule has 0 spiro atoms. The summed E-state index contributed by atoms with van der Waals surface area (Å²) in [6.07, 6.45) is 15.5. The Morgan fingerprint density at radius 2 is 1.57 bits per heavy atom. The Morgan fingerprint density at radius 3 is 2.29 bits per heavy atom. The molecule has 2 atom stereocenters. The third-order valence-corrected chi connectivity index (χ3v) is 4.44. The molecule has 80 valence electrons. The highest BCUT2D eigenvalue weighted by Crippen LogP contribution is 2.43. The van der Waals surface area contributed by atoms with Crippen LogP contribution < -0.4 is 0 Å². The maximum atomic E-state index is 3.92. The van der Waals surface area contributed by atoms with E-state index in [1.807, 2.05) is 0 Å². The smallest absolute Gasteiger partial charge is 0.0322 e. The molecule has 2 fully saturated rings. The van der Waals surface area contributed by atoms with E-state index in [0.29, 0.717) is 0 Å². The molecule has 2 saturated carbocycles. The summed E-state index contributed by atoms with van der Waals surface area (Å²) in [5.41, 5.74) is 0. The van der Waals surface area contributed by atoms with Crippen molar-refractivity contribution in [1.82, 2.24) is 0 Å². The first-order valence-electron chi connectivity index (χ1n) is 6.52. The fraction of sp³-hybridized carbons (Fsp3) is 0.857. The van der Waals surface area contributed by atoms with Crippen molar-refractivity contribution >= 4 is 0 Å². The van der Waals surface area contributed by atoms with Crippen LogP contribution in [0.3, 0.4) is 0 Å². The Morgan fingerprint density at radius 1 is 0.929 bits per heavy atom. The average Bonchev–Trinajstić information content (AvgIpc) is 2.72. The third-order valence-electron chi connectivity index (χ3n) is 4.44. The van der Waals surface area contributed by atoms with E-state index in [2.05, 4.69) is 12.7 Å². The van der Waals surface area contributed by atoms with Gasteiger partial charge in [-0.25, -0.2) is 0 Å². The van der Waals surface area contributed by atoms with Gasteiger partial charge < -0.3 is 0 Å². The van der Waals surface area contributed by atoms with Crippen molar-refractivity contribution in [2.75, 3.05) is 0 Å². The molecule has 2 aliphatic carbocycles. The molecular formula is C14H24. The lowest BCUT2D eigenvalue weighted by Gasteiger charge is -2.35. The van der Waals surface area contributed by atoms with Gasteiger partial charge in [0.15, 0.2) is 0 Å². The summed E-state index contributed by atoms with van der Waals surface area (Å²) >= 11 is 0. The molecular weight excluding hydrogens is 168 g/mol. The molecule has 0 heteroatoms. The monoisotopic (exact) mass is 192 g/mol. The zero-order valence-electron chi connectivity index (χ0n) is 9.38. The molecule has 0 saturated heterocycles. The van der Waals surface area contributed by atoms with E-state index < -0.39 is 0 Å². The largest absolute Gasteiger partial charge is 0.103 e. The van der Waals surface area contributed by atoms with Gasteiger partial charge >= 0.3 is 0 Å². The summed E-state index contributed by atoms with van der Waals surface area (Å²) in [5.74, 6) is 3.13. The van der Waals surface area contributed by atoms with Crippen LogP contribution >= 0.6 is 0 Å². The van der Waals surface area contributed by atoms with Gasteiger partial charge in [0.25, 0.3) is 0 Å². The standard InChI is InChI=1S/C14H24/c1-2-7-12-8-5-6-11-14(12)13-9-3-4-10-13/h2,12-14H,1,3-11H2. The van der Waals surface area contributed by atoms with Crippen LogP contribution in [0.1, 0.15) is 57.8 Å². The van der Waals surface area contributed by atoms with Crippen LogP contribution in [-0.2, 0) is 0 Å². The molecule has 2 unspecified atom stereocenters.